The molecule has 0 aliphatic carbocycles. The van der Waals surface area contributed by atoms with Crippen molar-refractivity contribution in [3.8, 4) is 0 Å². The molecule has 0 aromatic rings. The molecule has 4 nitrogen and oxygen atoms in total. The monoisotopic (exact) mass is 236 g/mol. The second-order valence-corrected chi connectivity index (χ2v) is 4.11. The first-order chi connectivity index (χ1) is 7.38. The maximum atomic E-state index is 12.0. The number of carbonyl (C=O) groups excluding carboxylic acids is 1. The summed E-state index contributed by atoms with van der Waals surface area (Å²) in [6.45, 7) is 2.02. The number of oxime groups is 1. The molecule has 1 fully saturated rings. The summed E-state index contributed by atoms with van der Waals surface area (Å²) in [7, 11) is 0. The topological polar surface area (TPSA) is 41.9 Å². The summed E-state index contributed by atoms with van der Waals surface area (Å²) in [5.41, 5.74) is 0.763. The predicted molar refractivity (Wildman–Crippen MR) is 48.7 cm³/mol. The summed E-state index contributed by atoms with van der Waals surface area (Å²) in [4.78, 5) is 16.5. The maximum Gasteiger partial charge on any atom is 0.471 e. The maximum absolute atomic E-state index is 12.0. The quantitative estimate of drug-likeness (QED) is 0.685. The highest BCUT2D eigenvalue weighted by Gasteiger charge is 2.48. The molecule has 1 unspecified atom stereocenters. The van der Waals surface area contributed by atoms with Crippen molar-refractivity contribution >= 4 is 11.6 Å². The van der Waals surface area contributed by atoms with Crippen LogP contribution in [-0.4, -0.2) is 41.9 Å². The first-order valence-electron chi connectivity index (χ1n) is 4.96. The van der Waals surface area contributed by atoms with Gasteiger partial charge in [-0.25, -0.2) is 0 Å². The minimum absolute atomic E-state index is 0.0117. The first-order valence-corrected chi connectivity index (χ1v) is 4.96. The van der Waals surface area contributed by atoms with Gasteiger partial charge in [-0.2, -0.15) is 13.2 Å². The van der Waals surface area contributed by atoms with Crippen molar-refractivity contribution in [1.82, 2.24) is 4.90 Å². The highest BCUT2D eigenvalue weighted by Crippen LogP contribution is 2.28. The van der Waals surface area contributed by atoms with Gasteiger partial charge in [0.1, 0.15) is 6.10 Å². The van der Waals surface area contributed by atoms with Crippen LogP contribution < -0.4 is 0 Å². The Kier molecular flexibility index (Phi) is 2.55. The molecule has 0 saturated carbocycles. The Hall–Kier alpha value is -1.27. The molecule has 16 heavy (non-hydrogen) atoms. The lowest BCUT2D eigenvalue weighted by molar-refractivity contribution is -0.190. The molecule has 0 aromatic carbocycles. The molecule has 90 valence electrons. The van der Waals surface area contributed by atoms with Gasteiger partial charge in [-0.3, -0.25) is 4.79 Å². The van der Waals surface area contributed by atoms with Crippen LogP contribution in [0.25, 0.3) is 0 Å². The third kappa shape index (κ3) is 1.98. The molecule has 2 heterocycles. The van der Waals surface area contributed by atoms with Crippen LogP contribution >= 0.6 is 0 Å². The van der Waals surface area contributed by atoms with Crippen molar-refractivity contribution in [3.63, 3.8) is 0 Å². The molecule has 1 saturated heterocycles. The fourth-order valence-electron chi connectivity index (χ4n) is 1.80. The minimum Gasteiger partial charge on any atom is -0.392 e. The van der Waals surface area contributed by atoms with Gasteiger partial charge >= 0.3 is 12.1 Å². The van der Waals surface area contributed by atoms with Crippen molar-refractivity contribution < 1.29 is 22.8 Å². The lowest BCUT2D eigenvalue weighted by Crippen LogP contribution is -2.56. The van der Waals surface area contributed by atoms with E-state index >= 15 is 0 Å². The molecule has 0 bridgehead atoms. The van der Waals surface area contributed by atoms with E-state index in [1.165, 1.54) is 0 Å². The van der Waals surface area contributed by atoms with Crippen molar-refractivity contribution in [2.24, 2.45) is 11.1 Å². The molecular weight excluding hydrogens is 225 g/mol. The molecule has 0 radical (unpaired) electrons. The summed E-state index contributed by atoms with van der Waals surface area (Å²) >= 11 is 0. The van der Waals surface area contributed by atoms with Crippen molar-refractivity contribution in [2.45, 2.75) is 25.6 Å². The standard InChI is InChI=1S/C9H11F3N2O2/c1-5-2-7(13-16-5)6-3-14(4-6)8(15)9(10,11)12/h5-6H,2-4H2,1H3. The fraction of sp³-hybridized carbons (Fsp3) is 0.778. The van der Waals surface area contributed by atoms with Crippen molar-refractivity contribution in [2.75, 3.05) is 13.1 Å². The largest absolute Gasteiger partial charge is 0.471 e. The third-order valence-electron chi connectivity index (χ3n) is 2.73. The van der Waals surface area contributed by atoms with Crippen molar-refractivity contribution in [1.29, 1.82) is 0 Å². The molecule has 0 N–H and O–H groups in total. The van der Waals surface area contributed by atoms with Crippen LogP contribution in [0.2, 0.25) is 0 Å². The molecule has 2 rings (SSSR count). The smallest absolute Gasteiger partial charge is 0.392 e. The van der Waals surface area contributed by atoms with Crippen LogP contribution in [0.4, 0.5) is 13.2 Å². The van der Waals surface area contributed by atoms with Crippen LogP contribution in [0.15, 0.2) is 5.16 Å². The van der Waals surface area contributed by atoms with E-state index in [1.54, 1.807) is 0 Å². The average Bonchev–Trinajstić information content (AvgIpc) is 2.47. The molecule has 1 amide bonds. The second kappa shape index (κ2) is 3.64. The number of hydrogen-bond acceptors (Lipinski definition) is 3. The molecular formula is C9H11F3N2O2. The highest BCUT2D eigenvalue weighted by atomic mass is 19.4. The van der Waals surface area contributed by atoms with Gasteiger partial charge in [-0.15, -0.1) is 0 Å². The van der Waals surface area contributed by atoms with E-state index in [1.807, 2.05) is 6.92 Å². The minimum atomic E-state index is -4.77. The number of alkyl halides is 3. The number of rotatable bonds is 1. The SMILES string of the molecule is CC1CC(C2CN(C(=O)C(F)(F)F)C2)=NO1. The Bertz CT molecular complexity index is 334. The molecule has 7 heteroatoms. The van der Waals surface area contributed by atoms with Gasteiger partial charge in [0.25, 0.3) is 0 Å². The van der Waals surface area contributed by atoms with Gasteiger partial charge in [-0.05, 0) is 6.92 Å². The Morgan fingerprint density at radius 3 is 2.56 bits per heavy atom. The first kappa shape index (κ1) is 11.2. The lowest BCUT2D eigenvalue weighted by Gasteiger charge is -2.39. The Labute approximate surface area is 90.0 Å². The number of carbonyl (C=O) groups is 1. The van der Waals surface area contributed by atoms with Crippen LogP contribution in [0.1, 0.15) is 13.3 Å². The van der Waals surface area contributed by atoms with Crippen LogP contribution in [0, 0.1) is 5.92 Å². The normalized spacial score (nSPS) is 26.1. The van der Waals surface area contributed by atoms with Gasteiger partial charge in [0.15, 0.2) is 0 Å². The average molecular weight is 236 g/mol. The molecule has 2 aliphatic rings. The Morgan fingerprint density at radius 2 is 2.12 bits per heavy atom. The second-order valence-electron chi connectivity index (χ2n) is 4.11. The Morgan fingerprint density at radius 1 is 1.50 bits per heavy atom. The summed E-state index contributed by atoms with van der Waals surface area (Å²) in [5.74, 6) is -1.84. The molecule has 0 aromatic heterocycles. The summed E-state index contributed by atoms with van der Waals surface area (Å²) in [6.07, 6.45) is -4.15. The molecule has 0 spiro atoms. The van der Waals surface area contributed by atoms with E-state index < -0.39 is 12.1 Å². The van der Waals surface area contributed by atoms with E-state index in [-0.39, 0.29) is 25.1 Å². The summed E-state index contributed by atoms with van der Waals surface area (Å²) in [5, 5.41) is 3.79. The lowest BCUT2D eigenvalue weighted by atomic mass is 9.91. The fourth-order valence-corrected chi connectivity index (χ4v) is 1.80. The number of hydrogen-bond donors (Lipinski definition) is 0. The molecule has 1 atom stereocenters. The summed E-state index contributed by atoms with van der Waals surface area (Å²) in [6, 6.07) is 0. The van der Waals surface area contributed by atoms with Gasteiger partial charge < -0.3 is 9.74 Å². The van der Waals surface area contributed by atoms with Gasteiger partial charge in [0, 0.05) is 25.4 Å². The number of amides is 1. The number of nitrogens with zero attached hydrogens (tertiary/aromatic N) is 2. The van der Waals surface area contributed by atoms with E-state index in [9.17, 15) is 18.0 Å². The van der Waals surface area contributed by atoms with Gasteiger partial charge in [-0.1, -0.05) is 5.16 Å². The van der Waals surface area contributed by atoms with E-state index in [4.69, 9.17) is 4.84 Å². The third-order valence-corrected chi connectivity index (χ3v) is 2.73. The van der Waals surface area contributed by atoms with Gasteiger partial charge in [0.05, 0.1) is 5.71 Å². The van der Waals surface area contributed by atoms with Crippen LogP contribution in [0.3, 0.4) is 0 Å². The zero-order valence-electron chi connectivity index (χ0n) is 8.62. The highest BCUT2D eigenvalue weighted by molar-refractivity contribution is 5.91. The predicted octanol–water partition coefficient (Wildman–Crippen LogP) is 1.17. The van der Waals surface area contributed by atoms with Gasteiger partial charge in [0.2, 0.25) is 0 Å². The summed E-state index contributed by atoms with van der Waals surface area (Å²) < 4.78 is 36.1. The van der Waals surface area contributed by atoms with Crippen molar-refractivity contribution in [3.05, 3.63) is 0 Å². The van der Waals surface area contributed by atoms with Crippen LogP contribution in [0.5, 0.6) is 0 Å². The van der Waals surface area contributed by atoms with E-state index in [0.29, 0.717) is 6.42 Å². The van der Waals surface area contributed by atoms with Crippen LogP contribution in [-0.2, 0) is 9.63 Å². The zero-order valence-corrected chi connectivity index (χ0v) is 8.62. The van der Waals surface area contributed by atoms with E-state index in [0.717, 1.165) is 10.6 Å². The Balaban J connectivity index is 1.85. The number of halogens is 3. The zero-order chi connectivity index (χ0) is 11.9. The van der Waals surface area contributed by atoms with E-state index in [2.05, 4.69) is 5.16 Å². The molecule has 2 aliphatic heterocycles. The number of likely N-dealkylation sites (tertiary alicyclic amines) is 1.